The molecule has 2 saturated heterocycles. The van der Waals surface area contributed by atoms with Crippen LogP contribution in [0.1, 0.15) is 57.5 Å². The second kappa shape index (κ2) is 21.2. The molecule has 2 amide bonds. The van der Waals surface area contributed by atoms with Crippen LogP contribution in [0, 0.1) is 0 Å². The Balaban J connectivity index is 0.000000236. The van der Waals surface area contributed by atoms with Crippen LogP contribution < -0.4 is 34.6 Å². The van der Waals surface area contributed by atoms with E-state index in [1.54, 1.807) is 36.4 Å². The minimum absolute atomic E-state index is 0. The Kier molecular flexibility index (Phi) is 17.4. The highest BCUT2D eigenvalue weighted by Crippen LogP contribution is 2.26. The molecule has 0 atom stereocenters. The zero-order valence-electron chi connectivity index (χ0n) is 30.7. The molecule has 13 heteroatoms. The molecule has 2 fully saturated rings. The van der Waals surface area contributed by atoms with E-state index < -0.39 is 0 Å². The monoisotopic (exact) mass is 926 g/mol. The zero-order chi connectivity index (χ0) is 38.0. The van der Waals surface area contributed by atoms with E-state index in [2.05, 4.69) is 48.8 Å². The summed E-state index contributed by atoms with van der Waals surface area (Å²) in [5.41, 5.74) is 4.92. The second-order valence-electron chi connectivity index (χ2n) is 14.1. The van der Waals surface area contributed by atoms with Crippen LogP contribution in [0.3, 0.4) is 0 Å². The number of nitrogens with one attached hydrogen (secondary N) is 2. The Bertz CT molecular complexity index is 1830. The van der Waals surface area contributed by atoms with Crippen molar-refractivity contribution < 1.29 is 47.5 Å². The number of rotatable bonds is 10. The largest absolute Gasteiger partial charge is 1.00 e. The molecule has 2 aliphatic heterocycles. The van der Waals surface area contributed by atoms with Crippen molar-refractivity contribution in [2.24, 2.45) is 0 Å². The first kappa shape index (κ1) is 44.3. The Hall–Kier alpha value is -2.45. The number of carbonyl (C=O) groups excluding carboxylic acids is 2. The topological polar surface area (TPSA) is 79.9 Å². The lowest BCUT2D eigenvalue weighted by atomic mass is 10.0. The van der Waals surface area contributed by atoms with Gasteiger partial charge < -0.3 is 48.6 Å². The van der Waals surface area contributed by atoms with Crippen molar-refractivity contribution in [1.82, 2.24) is 4.90 Å². The molecule has 6 rings (SSSR count). The zero-order valence-corrected chi connectivity index (χ0v) is 35.9. The van der Waals surface area contributed by atoms with Gasteiger partial charge in [-0.3, -0.25) is 14.5 Å². The normalized spacial score (nSPS) is 15.1. The van der Waals surface area contributed by atoms with Gasteiger partial charge in [0.2, 0.25) is 0 Å². The summed E-state index contributed by atoms with van der Waals surface area (Å²) in [6.45, 7) is 5.22. The molecule has 290 valence electrons. The Morgan fingerprint density at radius 2 is 1.07 bits per heavy atom. The fourth-order valence-corrected chi connectivity index (χ4v) is 7.19. The first-order valence-corrected chi connectivity index (χ1v) is 19.3. The van der Waals surface area contributed by atoms with Crippen LogP contribution in [0.2, 0.25) is 20.1 Å². The summed E-state index contributed by atoms with van der Waals surface area (Å²) in [5, 5.41) is 7.37. The van der Waals surface area contributed by atoms with Gasteiger partial charge in [0.15, 0.2) is 0 Å². The Morgan fingerprint density at radius 1 is 0.648 bits per heavy atom. The number of nitrogens with zero attached hydrogens (tertiary/aromatic N) is 2. The van der Waals surface area contributed by atoms with Gasteiger partial charge >= 0.3 is 0 Å². The van der Waals surface area contributed by atoms with Gasteiger partial charge in [0.1, 0.15) is 6.54 Å². The van der Waals surface area contributed by atoms with Gasteiger partial charge in [-0.25, -0.2) is 0 Å². The van der Waals surface area contributed by atoms with E-state index >= 15 is 0 Å². The highest BCUT2D eigenvalue weighted by atomic mass is 127. The van der Waals surface area contributed by atoms with Crippen molar-refractivity contribution >= 4 is 69.6 Å². The Labute approximate surface area is 356 Å². The average molecular weight is 929 g/mol. The molecule has 2 N–H and O–H groups in total. The molecule has 8 nitrogen and oxygen atoms in total. The number of ether oxygens (including phenoxy) is 2. The minimum Gasteiger partial charge on any atom is -1.00 e. The van der Waals surface area contributed by atoms with E-state index in [-0.39, 0.29) is 35.8 Å². The molecule has 0 saturated carbocycles. The lowest BCUT2D eigenvalue weighted by Gasteiger charge is -2.40. The van der Waals surface area contributed by atoms with Gasteiger partial charge in [-0.05, 0) is 86.1 Å². The molecule has 0 aromatic heterocycles. The van der Waals surface area contributed by atoms with Crippen LogP contribution in [0.25, 0.3) is 0 Å². The van der Waals surface area contributed by atoms with E-state index in [1.807, 2.05) is 36.4 Å². The molecule has 0 radical (unpaired) electrons. The number of halogens is 5. The van der Waals surface area contributed by atoms with E-state index in [0.29, 0.717) is 43.3 Å². The van der Waals surface area contributed by atoms with E-state index in [1.165, 1.54) is 11.1 Å². The van der Waals surface area contributed by atoms with E-state index in [4.69, 9.17) is 55.9 Å². The SMILES string of the molecule is CN(Cc1ccc(NC(=O)c2ccc(Cl)c(Cl)c2)cc1)C1CCOCC1.C[N+](C)(Cc1ccc(NC(=O)c2ccc(Cl)c(Cl)c2)cc1)C1CCOCC1.[I-]. The van der Waals surface area contributed by atoms with Crippen molar-refractivity contribution in [2.45, 2.75) is 50.9 Å². The minimum atomic E-state index is -0.212. The van der Waals surface area contributed by atoms with E-state index in [9.17, 15) is 9.59 Å². The standard InChI is InChI=1S/C21H24Cl2N2O2.C20H22Cl2N2O2.HI/c1-25(2,18-9-11-27-12-10-18)14-15-3-6-17(7-4-15)24-21(26)16-5-8-19(22)20(23)13-16;1-24(17-8-10-26-11-9-17)13-14-2-5-16(6-3-14)23-20(25)15-4-7-18(21)19(22)12-15;/h3-8,13,18H,9-12,14H2,1-2H3;2-7,12,17H,8-11,13H2,1H3,(H,23,25);1H. The van der Waals surface area contributed by atoms with Gasteiger partial charge in [-0.15, -0.1) is 0 Å². The molecule has 54 heavy (non-hydrogen) atoms. The van der Waals surface area contributed by atoms with Crippen LogP contribution in [0.15, 0.2) is 84.9 Å². The first-order valence-electron chi connectivity index (χ1n) is 17.8. The summed E-state index contributed by atoms with van der Waals surface area (Å²) >= 11 is 23.7. The maximum atomic E-state index is 12.4. The smallest absolute Gasteiger partial charge is 0.255 e. The fourth-order valence-electron chi connectivity index (χ4n) is 6.60. The summed E-state index contributed by atoms with van der Waals surface area (Å²) in [6.07, 6.45) is 4.36. The first-order chi connectivity index (χ1) is 25.4. The molecular weight excluding hydrogens is 881 g/mol. The maximum Gasteiger partial charge on any atom is 0.255 e. The number of amides is 2. The summed E-state index contributed by atoms with van der Waals surface area (Å²) < 4.78 is 11.8. The predicted molar refractivity (Wildman–Crippen MR) is 217 cm³/mol. The Morgan fingerprint density at radius 3 is 1.52 bits per heavy atom. The van der Waals surface area contributed by atoms with Crippen LogP contribution in [0.5, 0.6) is 0 Å². The second-order valence-corrected chi connectivity index (χ2v) is 15.7. The molecule has 4 aromatic carbocycles. The maximum absolute atomic E-state index is 12.4. The number of benzene rings is 4. The van der Waals surface area contributed by atoms with Gasteiger partial charge in [0.25, 0.3) is 11.8 Å². The molecule has 2 heterocycles. The van der Waals surface area contributed by atoms with Crippen LogP contribution in [-0.2, 0) is 22.6 Å². The van der Waals surface area contributed by atoms with Gasteiger partial charge in [-0.2, -0.15) is 0 Å². The van der Waals surface area contributed by atoms with Gasteiger partial charge in [0.05, 0.1) is 53.4 Å². The van der Waals surface area contributed by atoms with Crippen LogP contribution >= 0.6 is 46.4 Å². The highest BCUT2D eigenvalue weighted by molar-refractivity contribution is 6.42. The van der Waals surface area contributed by atoms with Crippen molar-refractivity contribution in [3.05, 3.63) is 127 Å². The molecular formula is C41H47Cl4IN4O4. The predicted octanol–water partition coefficient (Wildman–Crippen LogP) is 6.86. The van der Waals surface area contributed by atoms with Gasteiger partial charge in [-0.1, -0.05) is 70.7 Å². The van der Waals surface area contributed by atoms with Crippen molar-refractivity contribution in [2.75, 3.05) is 58.2 Å². The molecule has 0 aliphatic carbocycles. The summed E-state index contributed by atoms with van der Waals surface area (Å²) in [4.78, 5) is 27.1. The van der Waals surface area contributed by atoms with E-state index in [0.717, 1.165) is 81.1 Å². The summed E-state index contributed by atoms with van der Waals surface area (Å²) in [5.74, 6) is -0.421. The molecule has 0 unspecified atom stereocenters. The molecule has 2 aliphatic rings. The molecule has 0 bridgehead atoms. The average Bonchev–Trinajstić information content (AvgIpc) is 3.16. The summed E-state index contributed by atoms with van der Waals surface area (Å²) in [6, 6.07) is 26.8. The van der Waals surface area contributed by atoms with Crippen LogP contribution in [0.4, 0.5) is 11.4 Å². The van der Waals surface area contributed by atoms with Crippen LogP contribution in [-0.4, -0.2) is 80.9 Å². The molecule has 4 aromatic rings. The third-order valence-electron chi connectivity index (χ3n) is 9.80. The number of hydrogen-bond acceptors (Lipinski definition) is 5. The lowest BCUT2D eigenvalue weighted by Crippen LogP contribution is -3.00. The molecule has 0 spiro atoms. The highest BCUT2D eigenvalue weighted by Gasteiger charge is 2.30. The number of hydrogen-bond donors (Lipinski definition) is 2. The third-order valence-corrected chi connectivity index (χ3v) is 11.3. The van der Waals surface area contributed by atoms with Crippen molar-refractivity contribution in [3.8, 4) is 0 Å². The quantitative estimate of drug-likeness (QED) is 0.134. The lowest BCUT2D eigenvalue weighted by molar-refractivity contribution is -0.929. The number of anilines is 2. The fraction of sp³-hybridized carbons (Fsp3) is 0.366. The van der Waals surface area contributed by atoms with Crippen molar-refractivity contribution in [3.63, 3.8) is 0 Å². The van der Waals surface area contributed by atoms with Gasteiger partial charge in [0, 0.05) is 66.7 Å². The third kappa shape index (κ3) is 13.1. The number of carbonyl (C=O) groups is 2. The summed E-state index contributed by atoms with van der Waals surface area (Å²) in [7, 11) is 6.70. The number of quaternary nitrogens is 1. The van der Waals surface area contributed by atoms with Crippen molar-refractivity contribution in [1.29, 1.82) is 0 Å².